The highest BCUT2D eigenvalue weighted by atomic mass is 79.9. The van der Waals surface area contributed by atoms with Gasteiger partial charge in [0.1, 0.15) is 0 Å². The smallest absolute Gasteiger partial charge is 0.261 e. The molecular formula is C14H13BrClNO3S. The van der Waals surface area contributed by atoms with E-state index in [1.54, 1.807) is 6.07 Å². The molecule has 0 aromatic heterocycles. The molecule has 0 bridgehead atoms. The minimum atomic E-state index is -3.75. The van der Waals surface area contributed by atoms with Gasteiger partial charge in [-0.05, 0) is 64.3 Å². The summed E-state index contributed by atoms with van der Waals surface area (Å²) >= 11 is 9.19. The van der Waals surface area contributed by atoms with Crippen molar-refractivity contribution >= 4 is 43.2 Å². The summed E-state index contributed by atoms with van der Waals surface area (Å²) in [5, 5.41) is 9.49. The van der Waals surface area contributed by atoms with E-state index in [4.69, 9.17) is 16.7 Å². The second-order valence-electron chi connectivity index (χ2n) is 4.50. The lowest BCUT2D eigenvalue weighted by atomic mass is 10.2. The van der Waals surface area contributed by atoms with Crippen LogP contribution in [0, 0.1) is 6.92 Å². The van der Waals surface area contributed by atoms with Gasteiger partial charge in [0.2, 0.25) is 0 Å². The molecule has 2 N–H and O–H groups in total. The Kier molecular flexibility index (Phi) is 4.93. The topological polar surface area (TPSA) is 66.4 Å². The van der Waals surface area contributed by atoms with E-state index in [1.807, 2.05) is 19.1 Å². The summed E-state index contributed by atoms with van der Waals surface area (Å²) in [7, 11) is -3.75. The molecule has 4 nitrogen and oxygen atoms in total. The molecule has 112 valence electrons. The van der Waals surface area contributed by atoms with Crippen LogP contribution in [0.25, 0.3) is 0 Å². The molecule has 0 aliphatic rings. The number of benzene rings is 2. The fourth-order valence-corrected chi connectivity index (χ4v) is 3.78. The van der Waals surface area contributed by atoms with E-state index in [0.717, 1.165) is 5.56 Å². The summed E-state index contributed by atoms with van der Waals surface area (Å²) < 4.78 is 27.9. The molecule has 21 heavy (non-hydrogen) atoms. The van der Waals surface area contributed by atoms with Crippen LogP contribution < -0.4 is 4.72 Å². The van der Waals surface area contributed by atoms with Gasteiger partial charge < -0.3 is 5.11 Å². The maximum absolute atomic E-state index is 12.4. The Hall–Kier alpha value is -1.08. The minimum absolute atomic E-state index is 0.0448. The van der Waals surface area contributed by atoms with Crippen molar-refractivity contribution in [2.24, 2.45) is 0 Å². The van der Waals surface area contributed by atoms with Crippen LogP contribution in [0.5, 0.6) is 0 Å². The van der Waals surface area contributed by atoms with Crippen molar-refractivity contribution in [3.05, 3.63) is 57.0 Å². The van der Waals surface area contributed by atoms with Crippen LogP contribution in [0.15, 0.2) is 45.8 Å². The van der Waals surface area contributed by atoms with Gasteiger partial charge in [0.25, 0.3) is 10.0 Å². The maximum Gasteiger partial charge on any atom is 0.261 e. The van der Waals surface area contributed by atoms with Gasteiger partial charge in [0.05, 0.1) is 17.2 Å². The molecule has 0 atom stereocenters. The van der Waals surface area contributed by atoms with E-state index < -0.39 is 10.0 Å². The normalized spacial score (nSPS) is 11.4. The molecule has 2 aromatic carbocycles. The lowest BCUT2D eigenvalue weighted by molar-refractivity contribution is 0.281. The number of aliphatic hydroxyl groups is 1. The minimum Gasteiger partial charge on any atom is -0.392 e. The van der Waals surface area contributed by atoms with E-state index in [9.17, 15) is 8.42 Å². The van der Waals surface area contributed by atoms with Gasteiger partial charge >= 0.3 is 0 Å². The Labute approximate surface area is 136 Å². The maximum atomic E-state index is 12.4. The number of hydrogen-bond acceptors (Lipinski definition) is 3. The third-order valence-electron chi connectivity index (χ3n) is 2.87. The fraction of sp³-hybridized carbons (Fsp3) is 0.143. The van der Waals surface area contributed by atoms with Gasteiger partial charge in [-0.15, -0.1) is 0 Å². The molecule has 0 saturated carbocycles. The highest BCUT2D eigenvalue weighted by Crippen LogP contribution is 2.27. The molecule has 0 unspecified atom stereocenters. The Morgan fingerprint density at radius 1 is 1.24 bits per heavy atom. The number of anilines is 1. The summed E-state index contributed by atoms with van der Waals surface area (Å²) in [6.45, 7) is 1.59. The van der Waals surface area contributed by atoms with Crippen LogP contribution in [0.1, 0.15) is 11.1 Å². The number of aliphatic hydroxyl groups excluding tert-OH is 1. The Balaban J connectivity index is 2.38. The number of rotatable bonds is 4. The second kappa shape index (κ2) is 6.36. The van der Waals surface area contributed by atoms with Crippen LogP contribution in [-0.4, -0.2) is 13.5 Å². The molecule has 0 aliphatic heterocycles. The van der Waals surface area contributed by atoms with Gasteiger partial charge in [-0.3, -0.25) is 4.72 Å². The molecule has 0 spiro atoms. The molecular weight excluding hydrogens is 378 g/mol. The van der Waals surface area contributed by atoms with Crippen molar-refractivity contribution in [3.8, 4) is 0 Å². The quantitative estimate of drug-likeness (QED) is 0.836. The fourth-order valence-electron chi connectivity index (χ4n) is 1.75. The van der Waals surface area contributed by atoms with Crippen molar-refractivity contribution in [1.29, 1.82) is 0 Å². The zero-order chi connectivity index (χ0) is 15.6. The van der Waals surface area contributed by atoms with Crippen LogP contribution in [0.3, 0.4) is 0 Å². The monoisotopic (exact) mass is 389 g/mol. The third kappa shape index (κ3) is 3.77. The zero-order valence-corrected chi connectivity index (χ0v) is 14.3. The highest BCUT2D eigenvalue weighted by molar-refractivity contribution is 9.10. The van der Waals surface area contributed by atoms with Gasteiger partial charge in [-0.1, -0.05) is 17.7 Å². The van der Waals surface area contributed by atoms with Crippen molar-refractivity contribution in [3.63, 3.8) is 0 Å². The first-order valence-corrected chi connectivity index (χ1v) is 8.67. The Morgan fingerprint density at radius 2 is 1.95 bits per heavy atom. The molecule has 0 heterocycles. The summed E-state index contributed by atoms with van der Waals surface area (Å²) in [6.07, 6.45) is 0. The lowest BCUT2D eigenvalue weighted by Gasteiger charge is -2.11. The van der Waals surface area contributed by atoms with Gasteiger partial charge in [0.15, 0.2) is 0 Å². The van der Waals surface area contributed by atoms with E-state index >= 15 is 0 Å². The predicted molar refractivity (Wildman–Crippen MR) is 87.1 cm³/mol. The molecule has 2 aromatic rings. The summed E-state index contributed by atoms with van der Waals surface area (Å²) in [5.74, 6) is 0. The second-order valence-corrected chi connectivity index (χ2v) is 7.44. The van der Waals surface area contributed by atoms with Crippen molar-refractivity contribution in [1.82, 2.24) is 0 Å². The average Bonchev–Trinajstić information content (AvgIpc) is 2.42. The van der Waals surface area contributed by atoms with Crippen molar-refractivity contribution in [2.75, 3.05) is 4.72 Å². The van der Waals surface area contributed by atoms with Crippen molar-refractivity contribution < 1.29 is 13.5 Å². The van der Waals surface area contributed by atoms with Gasteiger partial charge in [-0.2, -0.15) is 0 Å². The number of sulfonamides is 1. The molecule has 0 radical (unpaired) electrons. The summed E-state index contributed by atoms with van der Waals surface area (Å²) in [5.41, 5.74) is 1.82. The van der Waals surface area contributed by atoms with Crippen LogP contribution in [-0.2, 0) is 16.6 Å². The van der Waals surface area contributed by atoms with Crippen LogP contribution >= 0.6 is 27.5 Å². The number of nitrogens with one attached hydrogen (secondary N) is 1. The first-order valence-electron chi connectivity index (χ1n) is 6.02. The number of halogens is 2. The molecule has 0 saturated heterocycles. The SMILES string of the molecule is Cc1ccc(NS(=O)(=O)c2ccc(Cl)c(CO)c2)c(Br)c1. The first-order chi connectivity index (χ1) is 9.83. The Bertz CT molecular complexity index is 778. The predicted octanol–water partition coefficient (Wildman–Crippen LogP) is 3.70. The largest absolute Gasteiger partial charge is 0.392 e. The number of aryl methyl sites for hydroxylation is 1. The van der Waals surface area contributed by atoms with E-state index in [1.165, 1.54) is 18.2 Å². The Morgan fingerprint density at radius 3 is 2.57 bits per heavy atom. The number of hydrogen-bond donors (Lipinski definition) is 2. The van der Waals surface area contributed by atoms with Crippen molar-refractivity contribution in [2.45, 2.75) is 18.4 Å². The summed E-state index contributed by atoms with van der Waals surface area (Å²) in [4.78, 5) is 0.0448. The van der Waals surface area contributed by atoms with Crippen LogP contribution in [0.4, 0.5) is 5.69 Å². The van der Waals surface area contributed by atoms with E-state index in [-0.39, 0.29) is 11.5 Å². The zero-order valence-electron chi connectivity index (χ0n) is 11.1. The molecule has 0 aliphatic carbocycles. The average molecular weight is 391 g/mol. The van der Waals surface area contributed by atoms with E-state index in [2.05, 4.69) is 20.7 Å². The first kappa shape index (κ1) is 16.3. The molecule has 7 heteroatoms. The van der Waals surface area contributed by atoms with Crippen LogP contribution in [0.2, 0.25) is 5.02 Å². The van der Waals surface area contributed by atoms with Gasteiger partial charge in [-0.25, -0.2) is 8.42 Å². The van der Waals surface area contributed by atoms with E-state index in [0.29, 0.717) is 20.7 Å². The van der Waals surface area contributed by atoms with Gasteiger partial charge in [0, 0.05) is 9.50 Å². The molecule has 0 fully saturated rings. The molecule has 0 amide bonds. The third-order valence-corrected chi connectivity index (χ3v) is 5.25. The summed E-state index contributed by atoms with van der Waals surface area (Å²) in [6, 6.07) is 9.51. The lowest BCUT2D eigenvalue weighted by Crippen LogP contribution is -2.13. The standard InChI is InChI=1S/C14H13BrClNO3S/c1-9-2-5-14(12(15)6-9)17-21(19,20)11-3-4-13(16)10(7-11)8-18/h2-7,17-18H,8H2,1H3. The molecule has 2 rings (SSSR count). The highest BCUT2D eigenvalue weighted by Gasteiger charge is 2.17.